The van der Waals surface area contributed by atoms with Crippen molar-refractivity contribution >= 4 is 17.8 Å². The lowest BCUT2D eigenvalue weighted by molar-refractivity contribution is -0.142. The van der Waals surface area contributed by atoms with Crippen LogP contribution >= 0.6 is 0 Å². The quantitative estimate of drug-likeness (QED) is 0.638. The number of carbonyl (C=O) groups excluding carboxylic acids is 2. The number of ketones is 1. The molecule has 1 aliphatic heterocycles. The van der Waals surface area contributed by atoms with Crippen molar-refractivity contribution in [3.05, 3.63) is 64.9 Å². The normalized spacial score (nSPS) is 14.2. The van der Waals surface area contributed by atoms with E-state index in [0.717, 1.165) is 11.1 Å². The molecular formula is C19H16O5. The SMILES string of the molecule is COC(=O)COc1ccc2c(c1)O/C(=C\c1ccc(C)cc1)C2=O. The van der Waals surface area contributed by atoms with E-state index in [-0.39, 0.29) is 18.1 Å². The first-order chi connectivity index (χ1) is 11.6. The van der Waals surface area contributed by atoms with Gasteiger partial charge in [-0.2, -0.15) is 0 Å². The van der Waals surface area contributed by atoms with Crippen LogP contribution in [0, 0.1) is 6.92 Å². The van der Waals surface area contributed by atoms with Crippen LogP contribution in [-0.4, -0.2) is 25.5 Å². The number of carbonyl (C=O) groups is 2. The van der Waals surface area contributed by atoms with Gasteiger partial charge in [-0.15, -0.1) is 0 Å². The van der Waals surface area contributed by atoms with E-state index in [4.69, 9.17) is 9.47 Å². The molecule has 24 heavy (non-hydrogen) atoms. The number of fused-ring (bicyclic) bond motifs is 1. The number of methoxy groups -OCH3 is 1. The Bertz CT molecular complexity index is 818. The first kappa shape index (κ1) is 15.8. The Kier molecular flexibility index (Phi) is 4.33. The predicted octanol–water partition coefficient (Wildman–Crippen LogP) is 3.16. The van der Waals surface area contributed by atoms with Crippen LogP contribution in [0.5, 0.6) is 11.5 Å². The Morgan fingerprint density at radius 3 is 2.62 bits per heavy atom. The van der Waals surface area contributed by atoms with Gasteiger partial charge in [-0.25, -0.2) is 4.79 Å². The molecule has 0 fully saturated rings. The molecule has 5 heteroatoms. The van der Waals surface area contributed by atoms with Crippen LogP contribution in [0.1, 0.15) is 21.5 Å². The molecule has 0 spiro atoms. The van der Waals surface area contributed by atoms with Crippen molar-refractivity contribution in [1.82, 2.24) is 0 Å². The minimum atomic E-state index is -0.479. The van der Waals surface area contributed by atoms with Crippen molar-refractivity contribution < 1.29 is 23.8 Å². The summed E-state index contributed by atoms with van der Waals surface area (Å²) in [5.41, 5.74) is 2.50. The molecule has 0 saturated heterocycles. The van der Waals surface area contributed by atoms with Crippen LogP contribution in [0.4, 0.5) is 0 Å². The molecule has 0 saturated carbocycles. The largest absolute Gasteiger partial charge is 0.482 e. The highest BCUT2D eigenvalue weighted by Crippen LogP contribution is 2.34. The average molecular weight is 324 g/mol. The van der Waals surface area contributed by atoms with Crippen molar-refractivity contribution in [1.29, 1.82) is 0 Å². The Morgan fingerprint density at radius 2 is 1.92 bits per heavy atom. The number of benzene rings is 2. The molecule has 2 aromatic carbocycles. The summed E-state index contributed by atoms with van der Waals surface area (Å²) in [6, 6.07) is 12.6. The topological polar surface area (TPSA) is 61.8 Å². The first-order valence-corrected chi connectivity index (χ1v) is 7.41. The zero-order valence-corrected chi connectivity index (χ0v) is 13.4. The zero-order valence-electron chi connectivity index (χ0n) is 13.4. The van der Waals surface area contributed by atoms with E-state index >= 15 is 0 Å². The van der Waals surface area contributed by atoms with Crippen LogP contribution < -0.4 is 9.47 Å². The van der Waals surface area contributed by atoms with Gasteiger partial charge in [-0.3, -0.25) is 4.79 Å². The summed E-state index contributed by atoms with van der Waals surface area (Å²) >= 11 is 0. The summed E-state index contributed by atoms with van der Waals surface area (Å²) < 4.78 is 15.5. The number of Topliss-reactive ketones (excluding diaryl/α,β-unsaturated/α-hetero) is 1. The van der Waals surface area contributed by atoms with Crippen molar-refractivity contribution in [2.75, 3.05) is 13.7 Å². The number of hydrogen-bond acceptors (Lipinski definition) is 5. The summed E-state index contributed by atoms with van der Waals surface area (Å²) in [4.78, 5) is 23.5. The molecule has 0 radical (unpaired) electrons. The second kappa shape index (κ2) is 6.58. The van der Waals surface area contributed by atoms with Crippen LogP contribution in [-0.2, 0) is 9.53 Å². The molecule has 0 amide bonds. The maximum absolute atomic E-state index is 12.4. The van der Waals surface area contributed by atoms with Gasteiger partial charge >= 0.3 is 5.97 Å². The molecule has 122 valence electrons. The molecule has 5 nitrogen and oxygen atoms in total. The van der Waals surface area contributed by atoms with Crippen molar-refractivity contribution in [2.24, 2.45) is 0 Å². The highest BCUT2D eigenvalue weighted by molar-refractivity contribution is 6.14. The lowest BCUT2D eigenvalue weighted by atomic mass is 10.1. The second-order valence-electron chi connectivity index (χ2n) is 5.37. The molecule has 1 heterocycles. The van der Waals surface area contributed by atoms with Gasteiger partial charge in [0.1, 0.15) is 11.5 Å². The monoisotopic (exact) mass is 324 g/mol. The van der Waals surface area contributed by atoms with Crippen LogP contribution in [0.15, 0.2) is 48.2 Å². The van der Waals surface area contributed by atoms with Gasteiger partial charge in [0.05, 0.1) is 12.7 Å². The van der Waals surface area contributed by atoms with Gasteiger partial charge in [-0.1, -0.05) is 29.8 Å². The summed E-state index contributed by atoms with van der Waals surface area (Å²) in [5.74, 6) is 0.459. The van der Waals surface area contributed by atoms with Gasteiger partial charge < -0.3 is 14.2 Å². The highest BCUT2D eigenvalue weighted by Gasteiger charge is 2.27. The van der Waals surface area contributed by atoms with Crippen molar-refractivity contribution in [3.63, 3.8) is 0 Å². The standard InChI is InChI=1S/C19H16O5/c1-12-3-5-13(6-4-12)9-17-19(21)15-8-7-14(10-16(15)24-17)23-11-18(20)22-2/h3-10H,11H2,1-2H3/b17-9-. The van der Waals surface area contributed by atoms with Crippen molar-refractivity contribution in [3.8, 4) is 11.5 Å². The first-order valence-electron chi connectivity index (χ1n) is 7.41. The molecule has 1 aliphatic rings. The minimum Gasteiger partial charge on any atom is -0.482 e. The van der Waals surface area contributed by atoms with Gasteiger partial charge in [-0.05, 0) is 30.7 Å². The zero-order chi connectivity index (χ0) is 17.1. The number of allylic oxidation sites excluding steroid dienone is 1. The van der Waals surface area contributed by atoms with E-state index in [1.807, 2.05) is 31.2 Å². The van der Waals surface area contributed by atoms with E-state index in [2.05, 4.69) is 4.74 Å². The molecule has 0 aliphatic carbocycles. The number of esters is 1. The lowest BCUT2D eigenvalue weighted by Crippen LogP contribution is -2.12. The summed E-state index contributed by atoms with van der Waals surface area (Å²) in [6.45, 7) is 1.80. The lowest BCUT2D eigenvalue weighted by Gasteiger charge is -2.05. The Labute approximate surface area is 139 Å². The minimum absolute atomic E-state index is 0.176. The molecule has 2 aromatic rings. The number of rotatable bonds is 4. The van der Waals surface area contributed by atoms with E-state index in [9.17, 15) is 9.59 Å². The number of aryl methyl sites for hydroxylation is 1. The number of ether oxygens (including phenoxy) is 3. The smallest absolute Gasteiger partial charge is 0.343 e. The number of hydrogen-bond donors (Lipinski definition) is 0. The molecule has 0 N–H and O–H groups in total. The van der Waals surface area contributed by atoms with Crippen LogP contribution in [0.3, 0.4) is 0 Å². The van der Waals surface area contributed by atoms with E-state index in [1.54, 1.807) is 24.3 Å². The summed E-state index contributed by atoms with van der Waals surface area (Å²) in [5, 5.41) is 0. The average Bonchev–Trinajstić information content (AvgIpc) is 2.90. The Hall–Kier alpha value is -3.08. The fourth-order valence-electron chi connectivity index (χ4n) is 2.27. The van der Waals surface area contributed by atoms with Gasteiger partial charge in [0, 0.05) is 6.07 Å². The van der Waals surface area contributed by atoms with E-state index in [0.29, 0.717) is 17.1 Å². The third kappa shape index (κ3) is 3.30. The molecular weight excluding hydrogens is 308 g/mol. The fraction of sp³-hybridized carbons (Fsp3) is 0.158. The molecule has 3 rings (SSSR count). The van der Waals surface area contributed by atoms with Crippen molar-refractivity contribution in [2.45, 2.75) is 6.92 Å². The Balaban J connectivity index is 1.79. The third-order valence-corrected chi connectivity index (χ3v) is 3.60. The van der Waals surface area contributed by atoms with Crippen LogP contribution in [0.25, 0.3) is 6.08 Å². The van der Waals surface area contributed by atoms with Gasteiger partial charge in [0.25, 0.3) is 0 Å². The molecule has 0 unspecified atom stereocenters. The van der Waals surface area contributed by atoms with Gasteiger partial charge in [0.2, 0.25) is 5.78 Å². The molecule has 0 atom stereocenters. The van der Waals surface area contributed by atoms with E-state index in [1.165, 1.54) is 7.11 Å². The summed E-state index contributed by atoms with van der Waals surface area (Å²) in [7, 11) is 1.29. The van der Waals surface area contributed by atoms with Gasteiger partial charge in [0.15, 0.2) is 12.4 Å². The Morgan fingerprint density at radius 1 is 1.17 bits per heavy atom. The predicted molar refractivity (Wildman–Crippen MR) is 88.1 cm³/mol. The molecule has 0 bridgehead atoms. The fourth-order valence-corrected chi connectivity index (χ4v) is 2.27. The third-order valence-electron chi connectivity index (χ3n) is 3.60. The van der Waals surface area contributed by atoms with E-state index < -0.39 is 5.97 Å². The maximum Gasteiger partial charge on any atom is 0.343 e. The molecule has 0 aromatic heterocycles. The summed E-state index contributed by atoms with van der Waals surface area (Å²) in [6.07, 6.45) is 1.71. The second-order valence-corrected chi connectivity index (χ2v) is 5.37. The van der Waals surface area contributed by atoms with Crippen LogP contribution in [0.2, 0.25) is 0 Å². The highest BCUT2D eigenvalue weighted by atomic mass is 16.6. The maximum atomic E-state index is 12.4.